The predicted octanol–water partition coefficient (Wildman–Crippen LogP) is 0.962. The summed E-state index contributed by atoms with van der Waals surface area (Å²) in [5.74, 6) is 0.399. The van der Waals surface area contributed by atoms with Gasteiger partial charge in [0.2, 0.25) is 0 Å². The second-order valence-electron chi connectivity index (χ2n) is 3.70. The summed E-state index contributed by atoms with van der Waals surface area (Å²) in [6.07, 6.45) is -0.518. The van der Waals surface area contributed by atoms with Crippen LogP contribution in [0.5, 0.6) is 11.5 Å². The highest BCUT2D eigenvalue weighted by Gasteiger charge is 2.11. The van der Waals surface area contributed by atoms with Crippen LogP contribution >= 0.6 is 0 Å². The average Bonchev–Trinajstić information content (AvgIpc) is 2.37. The van der Waals surface area contributed by atoms with Crippen molar-refractivity contribution in [3.63, 3.8) is 0 Å². The number of methoxy groups -OCH3 is 1. The van der Waals surface area contributed by atoms with Crippen molar-refractivity contribution in [2.75, 3.05) is 27.4 Å². The van der Waals surface area contributed by atoms with Gasteiger partial charge in [-0.2, -0.15) is 0 Å². The summed E-state index contributed by atoms with van der Waals surface area (Å²) in [4.78, 5) is 12.8. The minimum atomic E-state index is -0.518. The summed E-state index contributed by atoms with van der Waals surface area (Å²) in [5.41, 5.74) is 0.799. The topological polar surface area (TPSA) is 79.2 Å². The lowest BCUT2D eigenvalue weighted by Crippen LogP contribution is -2.27. The van der Waals surface area contributed by atoms with Crippen LogP contribution < -0.4 is 4.74 Å². The van der Waals surface area contributed by atoms with Crippen LogP contribution in [0.4, 0.5) is 4.79 Å². The number of phenolic OH excluding ortho intramolecular Hbond substituents is 1. The number of phenols is 1. The molecule has 0 aliphatic rings. The highest BCUT2D eigenvalue weighted by atomic mass is 16.6. The number of ether oxygens (including phenoxy) is 2. The number of nitrogens with zero attached hydrogens (tertiary/aromatic N) is 1. The molecule has 1 amide bonds. The summed E-state index contributed by atoms with van der Waals surface area (Å²) in [6, 6.07) is 4.83. The number of aliphatic hydroxyl groups is 1. The van der Waals surface area contributed by atoms with Crippen molar-refractivity contribution in [3.8, 4) is 11.5 Å². The van der Waals surface area contributed by atoms with Crippen LogP contribution in [0.2, 0.25) is 0 Å². The van der Waals surface area contributed by atoms with Gasteiger partial charge in [-0.1, -0.05) is 6.07 Å². The molecule has 0 aromatic heterocycles. The van der Waals surface area contributed by atoms with Gasteiger partial charge < -0.3 is 24.6 Å². The molecule has 0 heterocycles. The number of rotatable bonds is 5. The fraction of sp³-hybridized carbons (Fsp3) is 0.417. The van der Waals surface area contributed by atoms with Gasteiger partial charge in [0.15, 0.2) is 11.5 Å². The molecule has 0 aliphatic carbocycles. The quantitative estimate of drug-likeness (QED) is 0.819. The molecule has 0 spiro atoms. The van der Waals surface area contributed by atoms with Gasteiger partial charge in [0.05, 0.1) is 13.7 Å². The van der Waals surface area contributed by atoms with Crippen molar-refractivity contribution >= 4 is 6.09 Å². The summed E-state index contributed by atoms with van der Waals surface area (Å²) >= 11 is 0. The third-order valence-electron chi connectivity index (χ3n) is 2.29. The number of hydrogen-bond donors (Lipinski definition) is 2. The molecule has 0 atom stereocenters. The SMILES string of the molecule is COc1cc(CN(C)C(=O)OCCO)ccc1O. The number of carbonyl (C=O) groups excluding carboxylic acids is 1. The molecule has 1 rings (SSSR count). The molecule has 0 saturated heterocycles. The van der Waals surface area contributed by atoms with Crippen LogP contribution in [-0.4, -0.2) is 48.6 Å². The van der Waals surface area contributed by atoms with Crippen molar-refractivity contribution in [1.82, 2.24) is 4.90 Å². The number of amides is 1. The number of hydrogen-bond acceptors (Lipinski definition) is 5. The Hall–Kier alpha value is -1.95. The predicted molar refractivity (Wildman–Crippen MR) is 64.6 cm³/mol. The van der Waals surface area contributed by atoms with E-state index in [2.05, 4.69) is 0 Å². The fourth-order valence-corrected chi connectivity index (χ4v) is 1.40. The van der Waals surface area contributed by atoms with Crippen LogP contribution in [0.1, 0.15) is 5.56 Å². The lowest BCUT2D eigenvalue weighted by molar-refractivity contribution is 0.0893. The zero-order valence-electron chi connectivity index (χ0n) is 10.4. The fourth-order valence-electron chi connectivity index (χ4n) is 1.40. The van der Waals surface area contributed by atoms with E-state index >= 15 is 0 Å². The first-order valence-electron chi connectivity index (χ1n) is 5.43. The molecule has 18 heavy (non-hydrogen) atoms. The smallest absolute Gasteiger partial charge is 0.409 e. The number of aliphatic hydroxyl groups excluding tert-OH is 1. The molecule has 0 fully saturated rings. The number of benzene rings is 1. The summed E-state index contributed by atoms with van der Waals surface area (Å²) in [5, 5.41) is 18.0. The van der Waals surface area contributed by atoms with Crippen LogP contribution in [-0.2, 0) is 11.3 Å². The van der Waals surface area contributed by atoms with E-state index in [1.54, 1.807) is 19.2 Å². The average molecular weight is 255 g/mol. The monoisotopic (exact) mass is 255 g/mol. The molecule has 6 nitrogen and oxygen atoms in total. The minimum Gasteiger partial charge on any atom is -0.504 e. The summed E-state index contributed by atoms with van der Waals surface area (Å²) < 4.78 is 9.74. The van der Waals surface area contributed by atoms with Gasteiger partial charge in [-0.3, -0.25) is 0 Å². The zero-order valence-corrected chi connectivity index (χ0v) is 10.4. The molecule has 100 valence electrons. The van der Waals surface area contributed by atoms with Crippen molar-refractivity contribution in [1.29, 1.82) is 0 Å². The molecule has 1 aromatic carbocycles. The summed E-state index contributed by atoms with van der Waals surface area (Å²) in [6.45, 7) is 0.0928. The molecule has 0 saturated carbocycles. The second-order valence-corrected chi connectivity index (χ2v) is 3.70. The van der Waals surface area contributed by atoms with E-state index in [4.69, 9.17) is 14.6 Å². The largest absolute Gasteiger partial charge is 0.504 e. The van der Waals surface area contributed by atoms with E-state index in [1.807, 2.05) is 0 Å². The standard InChI is InChI=1S/C12H17NO5/c1-13(12(16)18-6-5-14)8-9-3-4-10(15)11(7-9)17-2/h3-4,7,14-15H,5-6,8H2,1-2H3. The van der Waals surface area contributed by atoms with Crippen LogP contribution in [0.15, 0.2) is 18.2 Å². The van der Waals surface area contributed by atoms with Gasteiger partial charge in [0, 0.05) is 13.6 Å². The Labute approximate surface area is 105 Å². The highest BCUT2D eigenvalue weighted by molar-refractivity contribution is 5.67. The third kappa shape index (κ3) is 3.81. The maximum atomic E-state index is 11.4. The molecule has 0 radical (unpaired) electrons. The molecule has 0 unspecified atom stereocenters. The number of carbonyl (C=O) groups is 1. The van der Waals surface area contributed by atoms with E-state index in [-0.39, 0.29) is 19.0 Å². The van der Waals surface area contributed by atoms with Gasteiger partial charge in [-0.25, -0.2) is 4.79 Å². The summed E-state index contributed by atoms with van der Waals surface area (Å²) in [7, 11) is 3.04. The first-order chi connectivity index (χ1) is 8.58. The van der Waals surface area contributed by atoms with E-state index in [0.717, 1.165) is 5.56 Å². The van der Waals surface area contributed by atoms with E-state index in [1.165, 1.54) is 18.1 Å². The first-order valence-corrected chi connectivity index (χ1v) is 5.43. The molecule has 6 heteroatoms. The van der Waals surface area contributed by atoms with Gasteiger partial charge >= 0.3 is 6.09 Å². The van der Waals surface area contributed by atoms with Gasteiger partial charge in [-0.15, -0.1) is 0 Å². The van der Waals surface area contributed by atoms with Crippen molar-refractivity contribution in [2.45, 2.75) is 6.54 Å². The Balaban J connectivity index is 2.64. The molecule has 0 aliphatic heterocycles. The van der Waals surface area contributed by atoms with Crippen LogP contribution in [0.25, 0.3) is 0 Å². The van der Waals surface area contributed by atoms with Crippen LogP contribution in [0.3, 0.4) is 0 Å². The lowest BCUT2D eigenvalue weighted by Gasteiger charge is -2.17. The Morgan fingerprint density at radius 3 is 2.78 bits per heavy atom. The van der Waals surface area contributed by atoms with Gasteiger partial charge in [0.1, 0.15) is 6.61 Å². The minimum absolute atomic E-state index is 0.0257. The van der Waals surface area contributed by atoms with Crippen LogP contribution in [0, 0.1) is 0 Å². The Morgan fingerprint density at radius 2 is 2.17 bits per heavy atom. The molecular weight excluding hydrogens is 238 g/mol. The molecule has 0 bridgehead atoms. The number of aromatic hydroxyl groups is 1. The Kier molecular flexibility index (Phi) is 5.26. The molecule has 1 aromatic rings. The molecule has 2 N–H and O–H groups in total. The highest BCUT2D eigenvalue weighted by Crippen LogP contribution is 2.26. The zero-order chi connectivity index (χ0) is 13.5. The van der Waals surface area contributed by atoms with E-state index in [9.17, 15) is 9.90 Å². The van der Waals surface area contributed by atoms with Crippen molar-refractivity contribution in [3.05, 3.63) is 23.8 Å². The van der Waals surface area contributed by atoms with E-state index in [0.29, 0.717) is 12.3 Å². The maximum absolute atomic E-state index is 11.4. The molecular formula is C12H17NO5. The van der Waals surface area contributed by atoms with Crippen molar-refractivity contribution < 1.29 is 24.5 Å². The first kappa shape index (κ1) is 14.1. The Bertz CT molecular complexity index is 407. The maximum Gasteiger partial charge on any atom is 0.409 e. The normalized spacial score (nSPS) is 9.94. The lowest BCUT2D eigenvalue weighted by atomic mass is 10.2. The van der Waals surface area contributed by atoms with Gasteiger partial charge in [0.25, 0.3) is 0 Å². The second kappa shape index (κ2) is 6.70. The van der Waals surface area contributed by atoms with Crippen molar-refractivity contribution in [2.24, 2.45) is 0 Å². The Morgan fingerprint density at radius 1 is 1.44 bits per heavy atom. The van der Waals surface area contributed by atoms with Gasteiger partial charge in [-0.05, 0) is 17.7 Å². The third-order valence-corrected chi connectivity index (χ3v) is 2.29. The van der Waals surface area contributed by atoms with E-state index < -0.39 is 6.09 Å².